The molecule has 5 nitrogen and oxygen atoms in total. The van der Waals surface area contributed by atoms with Gasteiger partial charge in [0, 0.05) is 46.1 Å². The van der Waals surface area contributed by atoms with Crippen molar-refractivity contribution in [2.24, 2.45) is 7.05 Å². The molecule has 0 atom stereocenters. The minimum atomic E-state index is 0.634. The first kappa shape index (κ1) is 14.8. The van der Waals surface area contributed by atoms with E-state index in [1.54, 1.807) is 11.3 Å². The van der Waals surface area contributed by atoms with Crippen molar-refractivity contribution < 1.29 is 0 Å². The number of thiazole rings is 1. The molecule has 3 rings (SSSR count). The van der Waals surface area contributed by atoms with E-state index in [1.807, 2.05) is 38.4 Å². The SMILES string of the molecule is CN(C)c1nc(Cl)c(CN(Cc2nccn2C)C2CC2)s1. The van der Waals surface area contributed by atoms with Crippen LogP contribution in [0.2, 0.25) is 5.15 Å². The zero-order chi connectivity index (χ0) is 15.0. The predicted molar refractivity (Wildman–Crippen MR) is 86.9 cm³/mol. The first-order valence-corrected chi connectivity index (χ1v) is 8.27. The maximum Gasteiger partial charge on any atom is 0.186 e. The van der Waals surface area contributed by atoms with Gasteiger partial charge in [-0.3, -0.25) is 4.90 Å². The zero-order valence-electron chi connectivity index (χ0n) is 12.6. The summed E-state index contributed by atoms with van der Waals surface area (Å²) in [4.78, 5) is 14.5. The molecule has 0 bridgehead atoms. The third-order valence-electron chi connectivity index (χ3n) is 3.70. The molecular weight excluding hydrogens is 306 g/mol. The molecule has 114 valence electrons. The van der Waals surface area contributed by atoms with E-state index in [4.69, 9.17) is 11.6 Å². The Morgan fingerprint density at radius 1 is 1.38 bits per heavy atom. The van der Waals surface area contributed by atoms with Gasteiger partial charge in [-0.05, 0) is 12.8 Å². The van der Waals surface area contributed by atoms with Gasteiger partial charge < -0.3 is 9.47 Å². The van der Waals surface area contributed by atoms with Crippen molar-refractivity contribution in [3.05, 3.63) is 28.2 Å². The summed E-state index contributed by atoms with van der Waals surface area (Å²) >= 11 is 7.97. The molecule has 2 aromatic heterocycles. The summed E-state index contributed by atoms with van der Waals surface area (Å²) in [5.74, 6) is 1.09. The van der Waals surface area contributed by atoms with Crippen LogP contribution >= 0.6 is 22.9 Å². The number of imidazole rings is 1. The molecular formula is C14H20ClN5S. The van der Waals surface area contributed by atoms with Gasteiger partial charge in [-0.2, -0.15) is 0 Å². The van der Waals surface area contributed by atoms with Crippen LogP contribution in [0.4, 0.5) is 5.13 Å². The van der Waals surface area contributed by atoms with Crippen LogP contribution in [0.25, 0.3) is 0 Å². The lowest BCUT2D eigenvalue weighted by molar-refractivity contribution is 0.239. The van der Waals surface area contributed by atoms with E-state index in [2.05, 4.69) is 19.4 Å². The minimum Gasteiger partial charge on any atom is -0.354 e. The number of halogens is 1. The van der Waals surface area contributed by atoms with Gasteiger partial charge in [-0.1, -0.05) is 22.9 Å². The Balaban J connectivity index is 1.75. The Kier molecular flexibility index (Phi) is 4.19. The van der Waals surface area contributed by atoms with E-state index >= 15 is 0 Å². The lowest BCUT2D eigenvalue weighted by atomic mass is 10.4. The van der Waals surface area contributed by atoms with Crippen LogP contribution < -0.4 is 4.90 Å². The summed E-state index contributed by atoms with van der Waals surface area (Å²) in [7, 11) is 6.02. The average molecular weight is 326 g/mol. The highest BCUT2D eigenvalue weighted by atomic mass is 35.5. The number of hydrogen-bond acceptors (Lipinski definition) is 5. The topological polar surface area (TPSA) is 37.2 Å². The molecule has 21 heavy (non-hydrogen) atoms. The molecule has 1 aliphatic carbocycles. The Hall–Kier alpha value is -1.11. The monoisotopic (exact) mass is 325 g/mol. The summed E-state index contributed by atoms with van der Waals surface area (Å²) in [5, 5.41) is 1.59. The van der Waals surface area contributed by atoms with Gasteiger partial charge in [0.15, 0.2) is 5.13 Å². The van der Waals surface area contributed by atoms with Gasteiger partial charge in [0.25, 0.3) is 0 Å². The van der Waals surface area contributed by atoms with Gasteiger partial charge in [0.05, 0.1) is 11.4 Å². The van der Waals surface area contributed by atoms with Crippen LogP contribution in [0.3, 0.4) is 0 Å². The third-order valence-corrected chi connectivity index (χ3v) is 5.33. The van der Waals surface area contributed by atoms with Crippen LogP contribution in [0.5, 0.6) is 0 Å². The van der Waals surface area contributed by atoms with Crippen LogP contribution in [0, 0.1) is 0 Å². The number of rotatable bonds is 6. The van der Waals surface area contributed by atoms with Crippen molar-refractivity contribution in [2.45, 2.75) is 32.0 Å². The number of aryl methyl sites for hydroxylation is 1. The van der Waals surface area contributed by atoms with Crippen LogP contribution in [-0.4, -0.2) is 39.6 Å². The van der Waals surface area contributed by atoms with Crippen LogP contribution in [0.1, 0.15) is 23.5 Å². The Bertz CT molecular complexity index is 617. The average Bonchev–Trinajstić information content (AvgIpc) is 3.11. The van der Waals surface area contributed by atoms with E-state index in [0.29, 0.717) is 11.2 Å². The van der Waals surface area contributed by atoms with Crippen molar-refractivity contribution in [1.82, 2.24) is 19.4 Å². The van der Waals surface area contributed by atoms with E-state index < -0.39 is 0 Å². The molecule has 0 spiro atoms. The van der Waals surface area contributed by atoms with Gasteiger partial charge >= 0.3 is 0 Å². The summed E-state index contributed by atoms with van der Waals surface area (Å²) in [6.07, 6.45) is 6.37. The molecule has 0 amide bonds. The molecule has 1 saturated carbocycles. The molecule has 7 heteroatoms. The maximum atomic E-state index is 6.30. The summed E-state index contributed by atoms with van der Waals surface area (Å²) in [5.41, 5.74) is 0. The molecule has 1 fully saturated rings. The molecule has 0 N–H and O–H groups in total. The molecule has 2 heterocycles. The molecule has 1 aliphatic rings. The minimum absolute atomic E-state index is 0.634. The second-order valence-corrected chi connectivity index (χ2v) is 7.12. The molecule has 0 unspecified atom stereocenters. The first-order valence-electron chi connectivity index (χ1n) is 7.07. The first-order chi connectivity index (χ1) is 10.0. The number of anilines is 1. The highest BCUT2D eigenvalue weighted by Crippen LogP contribution is 2.34. The summed E-state index contributed by atoms with van der Waals surface area (Å²) < 4.78 is 2.08. The number of aromatic nitrogens is 3. The molecule has 2 aromatic rings. The predicted octanol–water partition coefficient (Wildman–Crippen LogP) is 2.76. The van der Waals surface area contributed by atoms with Gasteiger partial charge in [-0.25, -0.2) is 9.97 Å². The van der Waals surface area contributed by atoms with E-state index in [-0.39, 0.29) is 0 Å². The fourth-order valence-electron chi connectivity index (χ4n) is 2.28. The van der Waals surface area contributed by atoms with Crippen molar-refractivity contribution in [3.8, 4) is 0 Å². The summed E-state index contributed by atoms with van der Waals surface area (Å²) in [6, 6.07) is 0.655. The Labute approximate surface area is 134 Å². The standard InChI is InChI=1S/C14H20ClN5S/c1-18(2)14-17-13(15)11(21-14)8-20(10-4-5-10)9-12-16-6-7-19(12)3/h6-7,10H,4-5,8-9H2,1-3H3. The highest BCUT2D eigenvalue weighted by molar-refractivity contribution is 7.16. The van der Waals surface area contributed by atoms with E-state index in [0.717, 1.165) is 28.9 Å². The van der Waals surface area contributed by atoms with E-state index in [9.17, 15) is 0 Å². The van der Waals surface area contributed by atoms with E-state index in [1.165, 1.54) is 12.8 Å². The number of nitrogens with zero attached hydrogens (tertiary/aromatic N) is 5. The van der Waals surface area contributed by atoms with Gasteiger partial charge in [0.2, 0.25) is 0 Å². The summed E-state index contributed by atoms with van der Waals surface area (Å²) in [6.45, 7) is 1.71. The molecule has 0 saturated heterocycles. The fraction of sp³-hybridized carbons (Fsp3) is 0.571. The smallest absolute Gasteiger partial charge is 0.186 e. The largest absolute Gasteiger partial charge is 0.354 e. The van der Waals surface area contributed by atoms with Crippen LogP contribution in [0.15, 0.2) is 12.4 Å². The zero-order valence-corrected chi connectivity index (χ0v) is 14.2. The second-order valence-electron chi connectivity index (χ2n) is 5.70. The van der Waals surface area contributed by atoms with Gasteiger partial charge in [-0.15, -0.1) is 0 Å². The van der Waals surface area contributed by atoms with Crippen LogP contribution in [-0.2, 0) is 20.1 Å². The normalized spacial score (nSPS) is 14.9. The third kappa shape index (κ3) is 3.39. The van der Waals surface area contributed by atoms with Crippen molar-refractivity contribution in [2.75, 3.05) is 19.0 Å². The quantitative estimate of drug-likeness (QED) is 0.818. The molecule has 0 aromatic carbocycles. The lowest BCUT2D eigenvalue weighted by Gasteiger charge is -2.20. The highest BCUT2D eigenvalue weighted by Gasteiger charge is 2.30. The molecule has 0 aliphatic heterocycles. The van der Waals surface area contributed by atoms with Crippen molar-refractivity contribution >= 4 is 28.1 Å². The van der Waals surface area contributed by atoms with Crippen molar-refractivity contribution in [3.63, 3.8) is 0 Å². The number of hydrogen-bond donors (Lipinski definition) is 0. The molecule has 0 radical (unpaired) electrons. The fourth-order valence-corrected chi connectivity index (χ4v) is 3.48. The maximum absolute atomic E-state index is 6.30. The second kappa shape index (κ2) is 5.94. The Morgan fingerprint density at radius 3 is 2.67 bits per heavy atom. The lowest BCUT2D eigenvalue weighted by Crippen LogP contribution is -2.26. The van der Waals surface area contributed by atoms with Crippen molar-refractivity contribution in [1.29, 1.82) is 0 Å². The Morgan fingerprint density at radius 2 is 2.14 bits per heavy atom. The van der Waals surface area contributed by atoms with Gasteiger partial charge in [0.1, 0.15) is 11.0 Å².